The van der Waals surface area contributed by atoms with Gasteiger partial charge in [-0.2, -0.15) is 0 Å². The Morgan fingerprint density at radius 2 is 0.829 bits per heavy atom. The highest BCUT2D eigenvalue weighted by molar-refractivity contribution is 6.05. The Hall–Kier alpha value is -4.62. The van der Waals surface area contributed by atoms with E-state index in [9.17, 15) is 0 Å². The van der Waals surface area contributed by atoms with E-state index in [1.54, 1.807) is 0 Å². The molecule has 0 radical (unpaired) electrons. The van der Waals surface area contributed by atoms with Crippen molar-refractivity contribution in [2.24, 2.45) is 0 Å². The third kappa shape index (κ3) is 4.32. The quantitative estimate of drug-likeness (QED) is 0.277. The van der Waals surface area contributed by atoms with Gasteiger partial charge >= 0.3 is 0 Å². The zero-order valence-electron chi connectivity index (χ0n) is 19.4. The molecule has 35 heavy (non-hydrogen) atoms. The van der Waals surface area contributed by atoms with Gasteiger partial charge in [0.05, 0.1) is 0 Å². The lowest BCUT2D eigenvalue weighted by molar-refractivity contribution is 1.54. The summed E-state index contributed by atoms with van der Waals surface area (Å²) in [7, 11) is 0. The smallest absolute Gasteiger partial charge is 0.0390 e. The second-order valence-electron chi connectivity index (χ2n) is 8.72. The summed E-state index contributed by atoms with van der Waals surface area (Å²) in [5.41, 5.74) is 9.54. The summed E-state index contributed by atoms with van der Waals surface area (Å²) in [6.45, 7) is 0. The van der Waals surface area contributed by atoms with Crippen LogP contribution in [0.1, 0.15) is 0 Å². The standard InChI is InChI=1S/C34H25N/c1-3-10-25(11-4-1)26-18-20-29(21-19-26)35-30-15-9-14-28(24-30)32-23-22-31(27-12-5-2-6-13-27)33-16-7-8-17-34(32)33/h1-24,35H. The molecule has 0 aromatic heterocycles. The van der Waals surface area contributed by atoms with Crippen LogP contribution in [0.5, 0.6) is 0 Å². The molecule has 1 N–H and O–H groups in total. The summed E-state index contributed by atoms with van der Waals surface area (Å²) < 4.78 is 0. The van der Waals surface area contributed by atoms with E-state index in [0.29, 0.717) is 0 Å². The van der Waals surface area contributed by atoms with Crippen LogP contribution in [-0.2, 0) is 0 Å². The maximum atomic E-state index is 3.58. The number of rotatable bonds is 5. The van der Waals surface area contributed by atoms with Crippen molar-refractivity contribution >= 4 is 22.1 Å². The van der Waals surface area contributed by atoms with Crippen molar-refractivity contribution < 1.29 is 0 Å². The van der Waals surface area contributed by atoms with Crippen LogP contribution in [-0.4, -0.2) is 0 Å². The van der Waals surface area contributed by atoms with Gasteiger partial charge in [0.25, 0.3) is 0 Å². The highest BCUT2D eigenvalue weighted by Crippen LogP contribution is 2.36. The Morgan fingerprint density at radius 3 is 1.49 bits per heavy atom. The Morgan fingerprint density at radius 1 is 0.314 bits per heavy atom. The van der Waals surface area contributed by atoms with Crippen LogP contribution in [0, 0.1) is 0 Å². The largest absolute Gasteiger partial charge is 0.356 e. The molecule has 0 amide bonds. The molecule has 6 aromatic carbocycles. The first-order chi connectivity index (χ1) is 17.3. The molecular weight excluding hydrogens is 422 g/mol. The highest BCUT2D eigenvalue weighted by atomic mass is 14.9. The molecule has 0 heterocycles. The van der Waals surface area contributed by atoms with Gasteiger partial charge in [0.15, 0.2) is 0 Å². The van der Waals surface area contributed by atoms with Crippen LogP contribution >= 0.6 is 0 Å². The number of nitrogens with one attached hydrogen (secondary N) is 1. The van der Waals surface area contributed by atoms with Gasteiger partial charge in [-0.15, -0.1) is 0 Å². The molecule has 0 saturated heterocycles. The molecule has 0 fully saturated rings. The molecular formula is C34H25N. The topological polar surface area (TPSA) is 12.0 Å². The summed E-state index contributed by atoms with van der Waals surface area (Å²) in [5, 5.41) is 6.11. The fourth-order valence-corrected chi connectivity index (χ4v) is 4.73. The fraction of sp³-hybridized carbons (Fsp3) is 0. The van der Waals surface area contributed by atoms with Crippen molar-refractivity contribution in [2.75, 3.05) is 5.32 Å². The molecule has 0 aliphatic rings. The molecule has 0 aliphatic heterocycles. The maximum Gasteiger partial charge on any atom is 0.0390 e. The van der Waals surface area contributed by atoms with Crippen molar-refractivity contribution in [1.29, 1.82) is 0 Å². The average molecular weight is 448 g/mol. The minimum Gasteiger partial charge on any atom is -0.356 e. The number of hydrogen-bond acceptors (Lipinski definition) is 1. The number of benzene rings is 6. The predicted molar refractivity (Wildman–Crippen MR) is 150 cm³/mol. The monoisotopic (exact) mass is 447 g/mol. The van der Waals surface area contributed by atoms with Gasteiger partial charge in [0, 0.05) is 11.4 Å². The zero-order valence-corrected chi connectivity index (χ0v) is 19.4. The fourth-order valence-electron chi connectivity index (χ4n) is 4.73. The van der Waals surface area contributed by atoms with Crippen LogP contribution in [0.15, 0.2) is 146 Å². The van der Waals surface area contributed by atoms with Crippen LogP contribution in [0.4, 0.5) is 11.4 Å². The lowest BCUT2D eigenvalue weighted by Crippen LogP contribution is -1.91. The maximum absolute atomic E-state index is 3.58. The van der Waals surface area contributed by atoms with Gasteiger partial charge in [-0.25, -0.2) is 0 Å². The average Bonchev–Trinajstić information content (AvgIpc) is 2.94. The Labute approximate surface area is 206 Å². The van der Waals surface area contributed by atoms with Gasteiger partial charge in [-0.1, -0.05) is 121 Å². The van der Waals surface area contributed by atoms with E-state index in [-0.39, 0.29) is 0 Å². The summed E-state index contributed by atoms with van der Waals surface area (Å²) in [5.74, 6) is 0. The van der Waals surface area contributed by atoms with Crippen LogP contribution in [0.25, 0.3) is 44.2 Å². The molecule has 1 nitrogen and oxygen atoms in total. The highest BCUT2D eigenvalue weighted by Gasteiger charge is 2.10. The molecule has 0 spiro atoms. The van der Waals surface area contributed by atoms with Crippen LogP contribution < -0.4 is 5.32 Å². The van der Waals surface area contributed by atoms with E-state index >= 15 is 0 Å². The Bertz CT molecular complexity index is 1580. The van der Waals surface area contributed by atoms with Crippen LogP contribution in [0.3, 0.4) is 0 Å². The van der Waals surface area contributed by atoms with Crippen molar-refractivity contribution in [1.82, 2.24) is 0 Å². The number of hydrogen-bond donors (Lipinski definition) is 1. The molecule has 0 bridgehead atoms. The molecule has 0 aliphatic carbocycles. The normalized spacial score (nSPS) is 10.9. The summed E-state index contributed by atoms with van der Waals surface area (Å²) >= 11 is 0. The van der Waals surface area contributed by atoms with Crippen molar-refractivity contribution in [2.45, 2.75) is 0 Å². The lowest BCUT2D eigenvalue weighted by atomic mass is 9.92. The van der Waals surface area contributed by atoms with Gasteiger partial charge in [0.2, 0.25) is 0 Å². The van der Waals surface area contributed by atoms with E-state index in [0.717, 1.165) is 11.4 Å². The molecule has 0 unspecified atom stereocenters. The summed E-state index contributed by atoms with van der Waals surface area (Å²) in [6, 6.07) is 51.5. The van der Waals surface area contributed by atoms with E-state index in [1.165, 1.54) is 44.2 Å². The molecule has 166 valence electrons. The minimum atomic E-state index is 1.08. The van der Waals surface area contributed by atoms with E-state index in [4.69, 9.17) is 0 Å². The summed E-state index contributed by atoms with van der Waals surface area (Å²) in [6.07, 6.45) is 0. The Kier molecular flexibility index (Phi) is 5.58. The number of anilines is 2. The van der Waals surface area contributed by atoms with E-state index in [1.807, 2.05) is 6.07 Å². The van der Waals surface area contributed by atoms with Crippen molar-refractivity contribution in [3.63, 3.8) is 0 Å². The molecule has 1 heteroatoms. The predicted octanol–water partition coefficient (Wildman–Crippen LogP) is 9.58. The van der Waals surface area contributed by atoms with Gasteiger partial charge in [-0.3, -0.25) is 0 Å². The first kappa shape index (κ1) is 20.9. The minimum absolute atomic E-state index is 1.08. The van der Waals surface area contributed by atoms with Crippen LogP contribution in [0.2, 0.25) is 0 Å². The lowest BCUT2D eigenvalue weighted by Gasteiger charge is -2.14. The van der Waals surface area contributed by atoms with Crippen molar-refractivity contribution in [3.8, 4) is 33.4 Å². The van der Waals surface area contributed by atoms with E-state index in [2.05, 4.69) is 145 Å². The first-order valence-electron chi connectivity index (χ1n) is 12.0. The molecule has 0 saturated carbocycles. The molecule has 0 atom stereocenters. The second-order valence-corrected chi connectivity index (χ2v) is 8.72. The van der Waals surface area contributed by atoms with E-state index < -0.39 is 0 Å². The van der Waals surface area contributed by atoms with Gasteiger partial charge in [0.1, 0.15) is 0 Å². The summed E-state index contributed by atoms with van der Waals surface area (Å²) in [4.78, 5) is 0. The second kappa shape index (κ2) is 9.32. The van der Waals surface area contributed by atoms with Crippen molar-refractivity contribution in [3.05, 3.63) is 146 Å². The SMILES string of the molecule is c1ccc(-c2ccc(Nc3cccc(-c4ccc(-c5ccccc5)c5ccccc45)c3)cc2)cc1. The first-order valence-corrected chi connectivity index (χ1v) is 12.0. The third-order valence-electron chi connectivity index (χ3n) is 6.46. The number of fused-ring (bicyclic) bond motifs is 1. The Balaban J connectivity index is 1.33. The van der Waals surface area contributed by atoms with Gasteiger partial charge in [-0.05, 0) is 68.4 Å². The zero-order chi connectivity index (χ0) is 23.5. The third-order valence-corrected chi connectivity index (χ3v) is 6.46. The molecule has 6 aromatic rings. The van der Waals surface area contributed by atoms with Gasteiger partial charge < -0.3 is 5.32 Å². The molecule has 6 rings (SSSR count).